The highest BCUT2D eigenvalue weighted by atomic mass is 16.8. The molecular formula is C82H155NO18. The molecule has 0 aromatic heterocycles. The number of aliphatic hydroxyl groups is 11. The second-order valence-electron chi connectivity index (χ2n) is 30.3. The lowest BCUT2D eigenvalue weighted by atomic mass is 9.96. The quantitative estimate of drug-likeness (QED) is 0.0199. The number of amides is 1. The van der Waals surface area contributed by atoms with Gasteiger partial charge in [0.05, 0.1) is 38.6 Å². The molecule has 1 amide bonds. The Balaban J connectivity index is 1.34. The minimum Gasteiger partial charge on any atom is -0.394 e. The van der Waals surface area contributed by atoms with Crippen LogP contribution in [0, 0.1) is 0 Å². The molecule has 0 bridgehead atoms. The maximum absolute atomic E-state index is 13.5. The zero-order chi connectivity index (χ0) is 73.2. The van der Waals surface area contributed by atoms with Gasteiger partial charge in [-0.15, -0.1) is 0 Å². The second kappa shape index (κ2) is 63.2. The van der Waals surface area contributed by atoms with Crippen molar-refractivity contribution in [2.75, 3.05) is 26.4 Å². The van der Waals surface area contributed by atoms with Crippen LogP contribution in [0.15, 0.2) is 24.3 Å². The Hall–Kier alpha value is -1.73. The fraction of sp³-hybridized carbons (Fsp3) is 0.939. The summed E-state index contributed by atoms with van der Waals surface area (Å²) in [4.78, 5) is 13.5. The standard InChI is InChI=1S/C82H155NO18/c1-3-5-7-9-11-13-15-17-19-21-23-25-27-28-29-30-31-32-33-34-35-36-37-38-40-42-44-46-48-50-52-54-56-58-60-70(88)83-65(66(87)59-57-55-53-51-49-47-45-43-41-39-26-24-22-20-18-16-14-12-10-8-6-4-2)64-96-80-76(94)73(91)78(68(62-85)98-80)101-82-77(95)74(92)79(69(63-86)99-82)100-81-75(93)72(90)71(89)67(61-84)97-81/h49,51,57,59,65-69,71-82,84-87,89-95H,3-48,50,52-56,58,60-64H2,1-2H3,(H,83,88)/b51-49+,59-57+. The molecule has 3 rings (SSSR count). The van der Waals surface area contributed by atoms with E-state index in [0.29, 0.717) is 12.8 Å². The summed E-state index contributed by atoms with van der Waals surface area (Å²) < 4.78 is 34.5. The third kappa shape index (κ3) is 43.2. The third-order valence-corrected chi connectivity index (χ3v) is 21.3. The van der Waals surface area contributed by atoms with Crippen LogP contribution in [0.2, 0.25) is 0 Å². The van der Waals surface area contributed by atoms with Gasteiger partial charge in [0.2, 0.25) is 5.91 Å². The molecule has 0 aromatic rings. The van der Waals surface area contributed by atoms with Gasteiger partial charge in [0.15, 0.2) is 18.9 Å². The highest BCUT2D eigenvalue weighted by molar-refractivity contribution is 5.76. The van der Waals surface area contributed by atoms with Crippen molar-refractivity contribution in [3.05, 3.63) is 24.3 Å². The van der Waals surface area contributed by atoms with Crippen LogP contribution in [-0.2, 0) is 33.2 Å². The van der Waals surface area contributed by atoms with Gasteiger partial charge < -0.3 is 89.9 Å². The summed E-state index contributed by atoms with van der Waals surface area (Å²) in [5.74, 6) is -0.277. The predicted octanol–water partition coefficient (Wildman–Crippen LogP) is 14.5. The van der Waals surface area contributed by atoms with Crippen molar-refractivity contribution in [1.29, 1.82) is 0 Å². The van der Waals surface area contributed by atoms with Gasteiger partial charge in [-0.25, -0.2) is 0 Å². The number of rotatable bonds is 68. The Morgan fingerprint density at radius 1 is 0.347 bits per heavy atom. The lowest BCUT2D eigenvalue weighted by Gasteiger charge is -2.48. The molecule has 0 aromatic carbocycles. The Morgan fingerprint density at radius 2 is 0.634 bits per heavy atom. The first-order valence-electron chi connectivity index (χ1n) is 42.1. The largest absolute Gasteiger partial charge is 0.394 e. The molecule has 0 radical (unpaired) electrons. The molecule has 19 heteroatoms. The molecule has 0 spiro atoms. The highest BCUT2D eigenvalue weighted by Gasteiger charge is 2.54. The van der Waals surface area contributed by atoms with Gasteiger partial charge in [0.25, 0.3) is 0 Å². The van der Waals surface area contributed by atoms with E-state index in [1.807, 2.05) is 6.08 Å². The fourth-order valence-electron chi connectivity index (χ4n) is 14.5. The van der Waals surface area contributed by atoms with Crippen LogP contribution < -0.4 is 5.32 Å². The van der Waals surface area contributed by atoms with Crippen LogP contribution in [0.1, 0.15) is 361 Å². The van der Waals surface area contributed by atoms with E-state index < -0.39 is 124 Å². The molecule has 596 valence electrons. The minimum absolute atomic E-state index is 0.241. The van der Waals surface area contributed by atoms with E-state index in [2.05, 4.69) is 31.3 Å². The van der Waals surface area contributed by atoms with Crippen molar-refractivity contribution >= 4 is 5.91 Å². The number of hydrogen-bond donors (Lipinski definition) is 12. The Kier molecular flexibility index (Phi) is 58.5. The number of carbonyl (C=O) groups excluding carboxylic acids is 1. The number of nitrogens with one attached hydrogen (secondary N) is 1. The van der Waals surface area contributed by atoms with Crippen molar-refractivity contribution < 1.29 is 89.4 Å². The van der Waals surface area contributed by atoms with E-state index in [9.17, 15) is 61.0 Å². The molecule has 12 N–H and O–H groups in total. The van der Waals surface area contributed by atoms with Crippen molar-refractivity contribution in [1.82, 2.24) is 5.32 Å². The topological polar surface area (TPSA) is 307 Å². The Morgan fingerprint density at radius 3 is 0.990 bits per heavy atom. The van der Waals surface area contributed by atoms with E-state index >= 15 is 0 Å². The number of hydrogen-bond acceptors (Lipinski definition) is 18. The van der Waals surface area contributed by atoms with E-state index in [1.54, 1.807) is 6.08 Å². The molecule has 3 fully saturated rings. The summed E-state index contributed by atoms with van der Waals surface area (Å²) in [6, 6.07) is -0.988. The molecule has 19 nitrogen and oxygen atoms in total. The van der Waals surface area contributed by atoms with E-state index in [-0.39, 0.29) is 18.9 Å². The van der Waals surface area contributed by atoms with Gasteiger partial charge in [-0.1, -0.05) is 346 Å². The van der Waals surface area contributed by atoms with Crippen molar-refractivity contribution in [2.45, 2.75) is 465 Å². The summed E-state index contributed by atoms with van der Waals surface area (Å²) in [5.41, 5.74) is 0. The van der Waals surface area contributed by atoms with Gasteiger partial charge >= 0.3 is 0 Å². The van der Waals surface area contributed by atoms with Gasteiger partial charge in [-0.2, -0.15) is 0 Å². The Labute approximate surface area is 613 Å². The predicted molar refractivity (Wildman–Crippen MR) is 402 cm³/mol. The molecule has 3 aliphatic rings. The normalized spacial score (nSPS) is 26.4. The number of unbranched alkanes of at least 4 members (excludes halogenated alkanes) is 50. The zero-order valence-electron chi connectivity index (χ0n) is 63.9. The van der Waals surface area contributed by atoms with E-state index in [0.717, 1.165) is 38.5 Å². The number of ether oxygens (including phenoxy) is 6. The van der Waals surface area contributed by atoms with Gasteiger partial charge in [0, 0.05) is 6.42 Å². The minimum atomic E-state index is -1.98. The fourth-order valence-corrected chi connectivity index (χ4v) is 14.5. The molecule has 101 heavy (non-hydrogen) atoms. The molecule has 3 aliphatic heterocycles. The molecule has 17 unspecified atom stereocenters. The number of allylic oxidation sites excluding steroid dienone is 3. The maximum Gasteiger partial charge on any atom is 0.220 e. The SMILES string of the molecule is CCCCCCCCCCCCCCCCCC/C=C/CC/C=C/C(O)C(COC1OC(CO)C(OC2OC(CO)C(OC3OC(CO)C(O)C(O)C3O)C(O)C2O)C(O)C1O)NC(=O)CCCCCCCCCCCCCCCCCCCCCCCCCCCCCCCCCCCC. The highest BCUT2D eigenvalue weighted by Crippen LogP contribution is 2.33. The summed E-state index contributed by atoms with van der Waals surface area (Å²) in [6.07, 6.45) is 50.5. The Bertz CT molecular complexity index is 1920. The molecule has 3 saturated heterocycles. The second-order valence-corrected chi connectivity index (χ2v) is 30.3. The maximum atomic E-state index is 13.5. The summed E-state index contributed by atoms with van der Waals surface area (Å²) >= 11 is 0. The van der Waals surface area contributed by atoms with Crippen LogP contribution in [0.4, 0.5) is 0 Å². The van der Waals surface area contributed by atoms with Crippen molar-refractivity contribution in [2.24, 2.45) is 0 Å². The van der Waals surface area contributed by atoms with Crippen LogP contribution in [0.3, 0.4) is 0 Å². The van der Waals surface area contributed by atoms with Crippen LogP contribution in [0.5, 0.6) is 0 Å². The lowest BCUT2D eigenvalue weighted by Crippen LogP contribution is -2.66. The first-order chi connectivity index (χ1) is 49.3. The summed E-state index contributed by atoms with van der Waals surface area (Å²) in [7, 11) is 0. The molecule has 0 saturated carbocycles. The number of aliphatic hydroxyl groups excluding tert-OH is 11. The molecular weight excluding hydrogens is 1290 g/mol. The zero-order valence-corrected chi connectivity index (χ0v) is 63.9. The van der Waals surface area contributed by atoms with Crippen molar-refractivity contribution in [3.8, 4) is 0 Å². The van der Waals surface area contributed by atoms with Crippen LogP contribution in [-0.4, -0.2) is 193 Å². The first kappa shape index (κ1) is 93.5. The smallest absolute Gasteiger partial charge is 0.220 e. The summed E-state index contributed by atoms with van der Waals surface area (Å²) in [5, 5.41) is 121. The molecule has 17 atom stereocenters. The van der Waals surface area contributed by atoms with Crippen LogP contribution >= 0.6 is 0 Å². The van der Waals surface area contributed by atoms with Gasteiger partial charge in [-0.05, 0) is 32.1 Å². The first-order valence-corrected chi connectivity index (χ1v) is 42.1. The average Bonchev–Trinajstić information content (AvgIpc) is 0.782. The monoisotopic (exact) mass is 1440 g/mol. The van der Waals surface area contributed by atoms with Gasteiger partial charge in [0.1, 0.15) is 73.2 Å². The lowest BCUT2D eigenvalue weighted by molar-refractivity contribution is -0.379. The average molecular weight is 1440 g/mol. The van der Waals surface area contributed by atoms with Crippen LogP contribution in [0.25, 0.3) is 0 Å². The van der Waals surface area contributed by atoms with Gasteiger partial charge in [-0.3, -0.25) is 4.79 Å². The van der Waals surface area contributed by atoms with E-state index in [4.69, 9.17) is 28.4 Å². The molecule has 3 heterocycles. The number of carbonyl (C=O) groups is 1. The molecule has 0 aliphatic carbocycles. The van der Waals surface area contributed by atoms with Crippen molar-refractivity contribution in [3.63, 3.8) is 0 Å². The summed E-state index contributed by atoms with van der Waals surface area (Å²) in [6.45, 7) is 1.78. The van der Waals surface area contributed by atoms with E-state index in [1.165, 1.54) is 289 Å². The third-order valence-electron chi connectivity index (χ3n) is 21.3.